The molecule has 266 valence electrons. The van der Waals surface area contributed by atoms with E-state index in [2.05, 4.69) is 152 Å². The summed E-state index contributed by atoms with van der Waals surface area (Å²) in [5, 5.41) is 1.73. The lowest BCUT2D eigenvalue weighted by Crippen LogP contribution is -2.30. The number of imidazole rings is 1. The third-order valence-electron chi connectivity index (χ3n) is 10.9. The van der Waals surface area contributed by atoms with Crippen LogP contribution in [0.1, 0.15) is 76.0 Å². The van der Waals surface area contributed by atoms with Crippen LogP contribution in [-0.2, 0) is 7.05 Å². The minimum absolute atomic E-state index is 0.154. The van der Waals surface area contributed by atoms with Gasteiger partial charge in [0.2, 0.25) is 0 Å². The first-order valence-corrected chi connectivity index (χ1v) is 18.5. The van der Waals surface area contributed by atoms with Crippen LogP contribution in [0.15, 0.2) is 120 Å². The molecule has 0 radical (unpaired) electrons. The summed E-state index contributed by atoms with van der Waals surface area (Å²) in [7, 11) is 2.08. The zero-order chi connectivity index (χ0) is 42.4. The van der Waals surface area contributed by atoms with Gasteiger partial charge in [0.1, 0.15) is 22.6 Å². The van der Waals surface area contributed by atoms with Crippen LogP contribution in [0.3, 0.4) is 0 Å². The van der Waals surface area contributed by atoms with Gasteiger partial charge in [-0.2, -0.15) is 4.57 Å². The van der Waals surface area contributed by atoms with Gasteiger partial charge < -0.3 is 4.42 Å². The molecule has 54 heavy (non-hydrogen) atoms. The molecular weight excluding hydrogens is 661 g/mol. The van der Waals surface area contributed by atoms with Crippen molar-refractivity contribution in [3.8, 4) is 39.3 Å². The van der Waals surface area contributed by atoms with Gasteiger partial charge in [0.15, 0.2) is 22.2 Å². The predicted octanol–water partition coefficient (Wildman–Crippen LogP) is 12.5. The second-order valence-electron chi connectivity index (χ2n) is 14.9. The number of hydrogen-bond donors (Lipinski definition) is 0. The molecule has 9 rings (SSSR count). The molecule has 0 saturated heterocycles. The second kappa shape index (κ2) is 12.8. The van der Waals surface area contributed by atoms with E-state index in [1.807, 2.05) is 18.2 Å². The minimum atomic E-state index is -2.73. The Kier molecular flexibility index (Phi) is 6.53. The van der Waals surface area contributed by atoms with Crippen molar-refractivity contribution in [1.29, 1.82) is 0 Å². The molecule has 3 heterocycles. The number of aryl methyl sites for hydroxylation is 4. The maximum absolute atomic E-state index is 8.25. The third-order valence-corrected chi connectivity index (χ3v) is 10.9. The van der Waals surface area contributed by atoms with E-state index in [1.54, 1.807) is 6.07 Å². The van der Waals surface area contributed by atoms with Crippen molar-refractivity contribution in [2.45, 2.75) is 60.2 Å². The summed E-state index contributed by atoms with van der Waals surface area (Å²) in [6.45, 7) is 5.64. The first-order valence-electron chi connectivity index (χ1n) is 21.5. The number of rotatable bonds is 6. The molecule has 9 aromatic rings. The fourth-order valence-corrected chi connectivity index (χ4v) is 8.16. The lowest BCUT2D eigenvalue weighted by atomic mass is 9.87. The Morgan fingerprint density at radius 1 is 0.648 bits per heavy atom. The Balaban J connectivity index is 1.34. The van der Waals surface area contributed by atoms with E-state index in [0.29, 0.717) is 16.6 Å². The Hall–Kier alpha value is -6.07. The van der Waals surface area contributed by atoms with E-state index in [9.17, 15) is 0 Å². The van der Waals surface area contributed by atoms with Gasteiger partial charge in [-0.15, -0.1) is 0 Å². The van der Waals surface area contributed by atoms with Crippen molar-refractivity contribution in [2.24, 2.45) is 7.05 Å². The largest absolute Gasteiger partial charge is 0.453 e. The van der Waals surface area contributed by atoms with E-state index >= 15 is 0 Å². The molecule has 0 saturated carbocycles. The number of benzene rings is 6. The summed E-state index contributed by atoms with van der Waals surface area (Å²) in [6.07, 6.45) is 0. The van der Waals surface area contributed by atoms with Crippen LogP contribution in [0, 0.1) is 20.6 Å². The van der Waals surface area contributed by atoms with Crippen LogP contribution in [0.2, 0.25) is 0 Å². The fourth-order valence-electron chi connectivity index (χ4n) is 8.16. The highest BCUT2D eigenvalue weighted by Gasteiger charge is 2.34. The number of fused-ring (bicyclic) bond motifs is 6. The first-order chi connectivity index (χ1) is 28.5. The Bertz CT molecular complexity index is 3110. The van der Waals surface area contributed by atoms with E-state index in [-0.39, 0.29) is 28.4 Å². The molecule has 0 spiro atoms. The Morgan fingerprint density at radius 3 is 1.94 bits per heavy atom. The standard InChI is InChI=1S/C49H45N4O/c1-28(2)40-26-36(35-21-19-34(20-22-35)33-14-10-9-11-15-33)27-41(29(3)4)46(40)53-43-17-13-12-16-42(43)52(8)49(53)44-30(5)18-23-38-39-25-24-37-31(6)50-32(7)51-45(37)48(39)54-47(38)44/h9-29H,1-8H3/q+1/i6D3,7D3. The molecule has 0 aliphatic rings. The maximum Gasteiger partial charge on any atom is 0.299 e. The van der Waals surface area contributed by atoms with Gasteiger partial charge in [-0.25, -0.2) is 14.5 Å². The molecule has 0 amide bonds. The normalized spacial score (nSPS) is 14.1. The number of furan rings is 1. The van der Waals surface area contributed by atoms with E-state index in [1.165, 1.54) is 22.3 Å². The molecule has 5 nitrogen and oxygen atoms in total. The van der Waals surface area contributed by atoms with Crippen LogP contribution in [0.4, 0.5) is 0 Å². The molecular formula is C49H45N4O+. The lowest BCUT2D eigenvalue weighted by Gasteiger charge is -2.21. The SMILES string of the molecule is [2H]C([2H])([2H])c1nc(C([2H])([2H])[2H])c2ccc3c4ccc(C)c(-c5n(-c6c(C(C)C)cc(-c7ccc(-c8ccccc8)cc7)cc6C(C)C)c6ccccc6[n+]5C)c4oc3c2n1. The van der Waals surface area contributed by atoms with Gasteiger partial charge in [0.05, 0.1) is 7.05 Å². The van der Waals surface area contributed by atoms with E-state index in [0.717, 1.165) is 50.2 Å². The first kappa shape index (κ1) is 27.5. The summed E-state index contributed by atoms with van der Waals surface area (Å²) in [5.74, 6) is 0.700. The summed E-state index contributed by atoms with van der Waals surface area (Å²) < 4.78 is 60.6. The number of hydrogen-bond acceptors (Lipinski definition) is 3. The number of nitrogens with zero attached hydrogens (tertiary/aromatic N) is 4. The van der Waals surface area contributed by atoms with Gasteiger partial charge in [-0.1, -0.05) is 113 Å². The van der Waals surface area contributed by atoms with Crippen molar-refractivity contribution >= 4 is 43.9 Å². The average Bonchev–Trinajstić information content (AvgIpc) is 3.74. The van der Waals surface area contributed by atoms with Crippen LogP contribution in [0.25, 0.3) is 83.2 Å². The van der Waals surface area contributed by atoms with Crippen molar-refractivity contribution < 1.29 is 17.2 Å². The molecule has 0 N–H and O–H groups in total. The van der Waals surface area contributed by atoms with Gasteiger partial charge in [-0.05, 0) is 90.6 Å². The van der Waals surface area contributed by atoms with Crippen molar-refractivity contribution in [3.63, 3.8) is 0 Å². The molecule has 0 bridgehead atoms. The van der Waals surface area contributed by atoms with E-state index in [4.69, 9.17) is 12.6 Å². The number of para-hydroxylation sites is 2. The number of aromatic nitrogens is 4. The molecule has 3 aromatic heterocycles. The highest BCUT2D eigenvalue weighted by molar-refractivity contribution is 6.16. The van der Waals surface area contributed by atoms with Gasteiger partial charge >= 0.3 is 0 Å². The highest BCUT2D eigenvalue weighted by atomic mass is 16.3. The maximum atomic E-state index is 8.25. The summed E-state index contributed by atoms with van der Waals surface area (Å²) in [4.78, 5) is 8.54. The Labute approximate surface area is 325 Å². The fraction of sp³-hybridized carbons (Fsp3) is 0.204. The molecule has 6 aromatic carbocycles. The Morgan fingerprint density at radius 2 is 1.26 bits per heavy atom. The average molecular weight is 712 g/mol. The highest BCUT2D eigenvalue weighted by Crippen LogP contribution is 2.44. The third kappa shape index (κ3) is 5.25. The van der Waals surface area contributed by atoms with Crippen LogP contribution < -0.4 is 4.57 Å². The van der Waals surface area contributed by atoms with Crippen molar-refractivity contribution in [1.82, 2.24) is 14.5 Å². The van der Waals surface area contributed by atoms with Crippen LogP contribution in [-0.4, -0.2) is 14.5 Å². The van der Waals surface area contributed by atoms with Crippen molar-refractivity contribution in [3.05, 3.63) is 143 Å². The molecule has 0 aliphatic heterocycles. The molecule has 0 fully saturated rings. The molecule has 0 aliphatic carbocycles. The molecule has 0 atom stereocenters. The second-order valence-corrected chi connectivity index (χ2v) is 14.9. The summed E-state index contributed by atoms with van der Waals surface area (Å²) in [5.41, 5.74) is 12.8. The van der Waals surface area contributed by atoms with Crippen LogP contribution >= 0.6 is 0 Å². The predicted molar refractivity (Wildman–Crippen MR) is 224 cm³/mol. The monoisotopic (exact) mass is 711 g/mol. The van der Waals surface area contributed by atoms with Crippen LogP contribution in [0.5, 0.6) is 0 Å². The molecule has 0 unspecified atom stereocenters. The van der Waals surface area contributed by atoms with Gasteiger partial charge in [0, 0.05) is 41.2 Å². The van der Waals surface area contributed by atoms with Gasteiger partial charge in [0.25, 0.3) is 5.82 Å². The summed E-state index contributed by atoms with van der Waals surface area (Å²) >= 11 is 0. The zero-order valence-electron chi connectivity index (χ0n) is 37.3. The minimum Gasteiger partial charge on any atom is -0.453 e. The van der Waals surface area contributed by atoms with Gasteiger partial charge in [-0.3, -0.25) is 0 Å². The zero-order valence-corrected chi connectivity index (χ0v) is 31.3. The quantitative estimate of drug-likeness (QED) is 0.161. The van der Waals surface area contributed by atoms with Crippen molar-refractivity contribution in [2.75, 3.05) is 0 Å². The topological polar surface area (TPSA) is 47.7 Å². The smallest absolute Gasteiger partial charge is 0.299 e. The molecule has 5 heteroatoms. The summed E-state index contributed by atoms with van der Waals surface area (Å²) in [6, 6.07) is 39.9. The lowest BCUT2D eigenvalue weighted by molar-refractivity contribution is -0.633. The van der Waals surface area contributed by atoms with E-state index < -0.39 is 19.5 Å².